The Hall–Kier alpha value is -1.49. The van der Waals surface area contributed by atoms with Crippen LogP contribution in [0.25, 0.3) is 0 Å². The van der Waals surface area contributed by atoms with Crippen molar-refractivity contribution in [2.75, 3.05) is 13.1 Å². The topological polar surface area (TPSA) is 59.2 Å². The van der Waals surface area contributed by atoms with Crippen molar-refractivity contribution >= 4 is 23.1 Å². The van der Waals surface area contributed by atoms with E-state index in [0.29, 0.717) is 17.8 Å². The number of hydrogen-bond donors (Lipinski definition) is 1. The first-order valence-electron chi connectivity index (χ1n) is 5.65. The highest BCUT2D eigenvalue weighted by atomic mass is 32.1. The Morgan fingerprint density at radius 2 is 2.18 bits per heavy atom. The molecule has 17 heavy (non-hydrogen) atoms. The van der Waals surface area contributed by atoms with Gasteiger partial charge in [-0.25, -0.2) is 0 Å². The van der Waals surface area contributed by atoms with Crippen LogP contribution in [0, 0.1) is 0 Å². The zero-order valence-corrected chi connectivity index (χ0v) is 11.0. The molecule has 1 heterocycles. The maximum absolute atomic E-state index is 12.0. The lowest BCUT2D eigenvalue weighted by atomic mass is 10.2. The average Bonchev–Trinajstić information content (AvgIpc) is 2.35. The van der Waals surface area contributed by atoms with Gasteiger partial charge in [0.05, 0.1) is 0 Å². The second kappa shape index (κ2) is 6.30. The predicted molar refractivity (Wildman–Crippen MR) is 72.0 cm³/mol. The normalized spacial score (nSPS) is 10.0. The summed E-state index contributed by atoms with van der Waals surface area (Å²) in [5, 5.41) is 0. The number of thiocarbonyl (C=S) groups is 1. The van der Waals surface area contributed by atoms with Gasteiger partial charge in [0.1, 0.15) is 10.7 Å². The Labute approximate surface area is 107 Å². The van der Waals surface area contributed by atoms with E-state index >= 15 is 0 Å². The third-order valence-electron chi connectivity index (χ3n) is 2.43. The summed E-state index contributed by atoms with van der Waals surface area (Å²) in [5.74, 6) is -0.0520. The van der Waals surface area contributed by atoms with E-state index in [9.17, 15) is 4.79 Å². The zero-order chi connectivity index (χ0) is 12.8. The van der Waals surface area contributed by atoms with Gasteiger partial charge < -0.3 is 10.6 Å². The van der Waals surface area contributed by atoms with E-state index in [0.717, 1.165) is 13.0 Å². The summed E-state index contributed by atoms with van der Waals surface area (Å²) in [5.41, 5.74) is 6.58. The second-order valence-corrected chi connectivity index (χ2v) is 4.12. The Bertz CT molecular complexity index is 403. The number of nitrogens with two attached hydrogens (primary N) is 1. The van der Waals surface area contributed by atoms with Crippen molar-refractivity contribution in [2.45, 2.75) is 20.3 Å². The number of aromatic nitrogens is 1. The van der Waals surface area contributed by atoms with E-state index in [4.69, 9.17) is 18.0 Å². The molecule has 0 spiro atoms. The summed E-state index contributed by atoms with van der Waals surface area (Å²) in [7, 11) is 0. The van der Waals surface area contributed by atoms with Gasteiger partial charge in [0.25, 0.3) is 5.91 Å². The smallest absolute Gasteiger partial charge is 0.272 e. The maximum Gasteiger partial charge on any atom is 0.272 e. The van der Waals surface area contributed by atoms with Crippen LogP contribution in [0.5, 0.6) is 0 Å². The van der Waals surface area contributed by atoms with Crippen LogP contribution in [0.1, 0.15) is 36.3 Å². The van der Waals surface area contributed by atoms with Gasteiger partial charge in [-0.05, 0) is 25.5 Å². The Morgan fingerprint density at radius 3 is 2.59 bits per heavy atom. The summed E-state index contributed by atoms with van der Waals surface area (Å²) >= 11 is 4.83. The summed E-state index contributed by atoms with van der Waals surface area (Å²) in [6, 6.07) is 3.39. The van der Waals surface area contributed by atoms with Gasteiger partial charge in [-0.15, -0.1) is 0 Å². The van der Waals surface area contributed by atoms with Gasteiger partial charge >= 0.3 is 0 Å². The van der Waals surface area contributed by atoms with Crippen LogP contribution < -0.4 is 5.73 Å². The van der Waals surface area contributed by atoms with Gasteiger partial charge in [-0.1, -0.05) is 19.1 Å². The predicted octanol–water partition coefficient (Wildman–Crippen LogP) is 1.59. The highest BCUT2D eigenvalue weighted by Gasteiger charge is 2.14. The molecule has 0 aliphatic rings. The van der Waals surface area contributed by atoms with Gasteiger partial charge in [-0.2, -0.15) is 0 Å². The number of amides is 1. The lowest BCUT2D eigenvalue weighted by Crippen LogP contribution is -2.32. The molecule has 1 aromatic heterocycles. The van der Waals surface area contributed by atoms with Crippen molar-refractivity contribution in [2.24, 2.45) is 5.73 Å². The third kappa shape index (κ3) is 3.49. The first kappa shape index (κ1) is 13.6. The molecule has 0 atom stereocenters. The van der Waals surface area contributed by atoms with Crippen molar-refractivity contribution < 1.29 is 4.79 Å². The van der Waals surface area contributed by atoms with Crippen LogP contribution in [0.2, 0.25) is 0 Å². The summed E-state index contributed by atoms with van der Waals surface area (Å²) < 4.78 is 0. The van der Waals surface area contributed by atoms with Crippen LogP contribution in [-0.2, 0) is 0 Å². The molecule has 5 heteroatoms. The summed E-state index contributed by atoms with van der Waals surface area (Å²) in [6.45, 7) is 5.43. The van der Waals surface area contributed by atoms with E-state index in [1.54, 1.807) is 17.0 Å². The minimum atomic E-state index is -0.0520. The zero-order valence-electron chi connectivity index (χ0n) is 10.1. The van der Waals surface area contributed by atoms with Crippen molar-refractivity contribution in [1.29, 1.82) is 0 Å². The van der Waals surface area contributed by atoms with Gasteiger partial charge in [0, 0.05) is 24.8 Å². The highest BCUT2D eigenvalue weighted by molar-refractivity contribution is 7.80. The number of carbonyl (C=O) groups excluding carboxylic acids is 1. The van der Waals surface area contributed by atoms with E-state index in [1.165, 1.54) is 6.20 Å². The van der Waals surface area contributed by atoms with E-state index < -0.39 is 0 Å². The van der Waals surface area contributed by atoms with Crippen molar-refractivity contribution in [3.05, 3.63) is 29.6 Å². The van der Waals surface area contributed by atoms with Crippen LogP contribution in [0.15, 0.2) is 18.3 Å². The Kier molecular flexibility index (Phi) is 5.03. The van der Waals surface area contributed by atoms with E-state index in [1.807, 2.05) is 13.8 Å². The summed E-state index contributed by atoms with van der Waals surface area (Å²) in [6.07, 6.45) is 2.47. The third-order valence-corrected chi connectivity index (χ3v) is 2.67. The lowest BCUT2D eigenvalue weighted by Gasteiger charge is -2.19. The second-order valence-electron chi connectivity index (χ2n) is 3.68. The van der Waals surface area contributed by atoms with Crippen LogP contribution in [0.3, 0.4) is 0 Å². The molecular weight excluding hydrogens is 234 g/mol. The van der Waals surface area contributed by atoms with E-state index in [2.05, 4.69) is 4.98 Å². The Balaban J connectivity index is 2.85. The molecule has 92 valence electrons. The molecule has 0 aromatic carbocycles. The molecule has 1 rings (SSSR count). The molecule has 0 saturated heterocycles. The molecule has 0 fully saturated rings. The SMILES string of the molecule is CCCN(CC)C(=O)c1ccc(C(N)=S)cn1. The van der Waals surface area contributed by atoms with Gasteiger partial charge in [0.15, 0.2) is 0 Å². The fourth-order valence-corrected chi connectivity index (χ4v) is 1.62. The molecule has 0 radical (unpaired) electrons. The van der Waals surface area contributed by atoms with Crippen molar-refractivity contribution in [3.8, 4) is 0 Å². The molecule has 0 saturated carbocycles. The monoisotopic (exact) mass is 251 g/mol. The Morgan fingerprint density at radius 1 is 1.47 bits per heavy atom. The average molecular weight is 251 g/mol. The van der Waals surface area contributed by atoms with Crippen LogP contribution in [-0.4, -0.2) is 33.9 Å². The maximum atomic E-state index is 12.0. The van der Waals surface area contributed by atoms with Crippen LogP contribution in [0.4, 0.5) is 0 Å². The van der Waals surface area contributed by atoms with Crippen LogP contribution >= 0.6 is 12.2 Å². The van der Waals surface area contributed by atoms with E-state index in [-0.39, 0.29) is 10.9 Å². The summed E-state index contributed by atoms with van der Waals surface area (Å²) in [4.78, 5) is 18.2. The number of hydrogen-bond acceptors (Lipinski definition) is 3. The van der Waals surface area contributed by atoms with Crippen molar-refractivity contribution in [3.63, 3.8) is 0 Å². The standard InChI is InChI=1S/C12H17N3OS/c1-3-7-15(4-2)12(16)10-6-5-9(8-14-10)11(13)17/h5-6,8H,3-4,7H2,1-2H3,(H2,13,17). The molecule has 0 aliphatic heterocycles. The number of carbonyl (C=O) groups is 1. The number of rotatable bonds is 5. The fourth-order valence-electron chi connectivity index (χ4n) is 1.50. The molecule has 1 amide bonds. The highest BCUT2D eigenvalue weighted by Crippen LogP contribution is 2.05. The molecule has 2 N–H and O–H groups in total. The molecule has 4 nitrogen and oxygen atoms in total. The van der Waals surface area contributed by atoms with Crippen molar-refractivity contribution in [1.82, 2.24) is 9.88 Å². The molecule has 0 unspecified atom stereocenters. The largest absolute Gasteiger partial charge is 0.389 e. The number of nitrogens with zero attached hydrogens (tertiary/aromatic N) is 2. The van der Waals surface area contributed by atoms with Gasteiger partial charge in [0.2, 0.25) is 0 Å². The first-order chi connectivity index (χ1) is 8.10. The molecular formula is C12H17N3OS. The molecule has 0 aliphatic carbocycles. The molecule has 0 bridgehead atoms. The first-order valence-corrected chi connectivity index (χ1v) is 6.06. The molecule has 1 aromatic rings. The quantitative estimate of drug-likeness (QED) is 0.807. The van der Waals surface area contributed by atoms with Gasteiger partial charge in [-0.3, -0.25) is 9.78 Å². The lowest BCUT2D eigenvalue weighted by molar-refractivity contribution is 0.0758. The minimum Gasteiger partial charge on any atom is -0.389 e. The fraction of sp³-hybridized carbons (Fsp3) is 0.417. The number of pyridine rings is 1. The minimum absolute atomic E-state index is 0.0520.